The van der Waals surface area contributed by atoms with Gasteiger partial charge in [0.15, 0.2) is 11.6 Å². The Morgan fingerprint density at radius 2 is 1.55 bits per heavy atom. The van der Waals surface area contributed by atoms with Crippen LogP contribution in [0.4, 0.5) is 0 Å². The lowest BCUT2D eigenvalue weighted by Crippen LogP contribution is -2.19. The van der Waals surface area contributed by atoms with Gasteiger partial charge in [0.1, 0.15) is 23.4 Å². The van der Waals surface area contributed by atoms with Gasteiger partial charge in [-0.2, -0.15) is 0 Å². The predicted octanol–water partition coefficient (Wildman–Crippen LogP) is 4.90. The molecule has 0 heterocycles. The van der Waals surface area contributed by atoms with Gasteiger partial charge in [-0.1, -0.05) is 11.6 Å². The monoisotopic (exact) mass is 450 g/mol. The Bertz CT molecular complexity index is 1140. The van der Waals surface area contributed by atoms with Gasteiger partial charge in [0, 0.05) is 12.0 Å². The number of ketones is 2. The van der Waals surface area contributed by atoms with Crippen molar-refractivity contribution in [3.63, 3.8) is 0 Å². The molecule has 2 aromatic rings. The molecule has 7 nitrogen and oxygen atoms in total. The smallest absolute Gasteiger partial charge is 0.338 e. The van der Waals surface area contributed by atoms with Crippen LogP contribution in [0.5, 0.6) is 17.2 Å². The van der Waals surface area contributed by atoms with Crippen molar-refractivity contribution in [3.8, 4) is 17.2 Å². The van der Waals surface area contributed by atoms with Crippen molar-refractivity contribution in [1.82, 2.24) is 0 Å². The number of benzene rings is 2. The lowest BCUT2D eigenvalue weighted by molar-refractivity contribution is 0.0297. The van der Waals surface area contributed by atoms with Gasteiger partial charge in [-0.25, -0.2) is 4.79 Å². The van der Waals surface area contributed by atoms with Crippen LogP contribution in [-0.4, -0.2) is 38.9 Å². The van der Waals surface area contributed by atoms with E-state index in [1.165, 1.54) is 26.4 Å². The highest BCUT2D eigenvalue weighted by atomic mass is 16.5. The highest BCUT2D eigenvalue weighted by Gasteiger charge is 2.33. The van der Waals surface area contributed by atoms with Crippen molar-refractivity contribution in [2.75, 3.05) is 21.3 Å². The molecule has 3 rings (SSSR count). The second kappa shape index (κ2) is 10.2. The second-order valence-electron chi connectivity index (χ2n) is 7.65. The summed E-state index contributed by atoms with van der Waals surface area (Å²) in [4.78, 5) is 38.2. The van der Waals surface area contributed by atoms with Gasteiger partial charge in [0.25, 0.3) is 0 Å². The first-order valence-corrected chi connectivity index (χ1v) is 10.3. The molecule has 172 valence electrons. The Kier molecular flexibility index (Phi) is 7.33. The number of hydrogen-bond donors (Lipinski definition) is 0. The average molecular weight is 450 g/mol. The van der Waals surface area contributed by atoms with E-state index in [0.717, 1.165) is 5.57 Å². The molecule has 0 unspecified atom stereocenters. The average Bonchev–Trinajstić information content (AvgIpc) is 2.82. The van der Waals surface area contributed by atoms with Crippen molar-refractivity contribution in [2.24, 2.45) is 0 Å². The summed E-state index contributed by atoms with van der Waals surface area (Å²) in [6.07, 6.45) is 3.86. The zero-order valence-electron chi connectivity index (χ0n) is 19.3. The van der Waals surface area contributed by atoms with E-state index in [1.54, 1.807) is 37.4 Å². The van der Waals surface area contributed by atoms with Crippen molar-refractivity contribution in [2.45, 2.75) is 26.4 Å². The van der Waals surface area contributed by atoms with Gasteiger partial charge in [0.2, 0.25) is 0 Å². The maximum atomic E-state index is 12.9. The molecule has 0 amide bonds. The normalized spacial score (nSPS) is 13.1. The number of hydrogen-bond acceptors (Lipinski definition) is 7. The first kappa shape index (κ1) is 23.8. The molecule has 1 atom stereocenters. The number of carbonyl (C=O) groups excluding carboxylic acids is 3. The van der Waals surface area contributed by atoms with Crippen LogP contribution in [0, 0.1) is 0 Å². The maximum absolute atomic E-state index is 12.9. The SMILES string of the molecule is COc1ccc(C(=O)O[C@H](CC=C(C)C)c2cc(OC)c3c(c2OC)C(=O)C=CC3=O)cc1. The molecule has 1 aliphatic rings. The highest BCUT2D eigenvalue weighted by molar-refractivity contribution is 6.24. The lowest BCUT2D eigenvalue weighted by Gasteiger charge is -2.24. The minimum atomic E-state index is -0.794. The fourth-order valence-corrected chi connectivity index (χ4v) is 3.58. The van der Waals surface area contributed by atoms with E-state index in [0.29, 0.717) is 23.3 Å². The van der Waals surface area contributed by atoms with Crippen LogP contribution in [0.2, 0.25) is 0 Å². The summed E-state index contributed by atoms with van der Waals surface area (Å²) in [5.74, 6) is -0.281. The molecule has 7 heteroatoms. The Morgan fingerprint density at radius 3 is 2.09 bits per heavy atom. The molecule has 0 aliphatic heterocycles. The maximum Gasteiger partial charge on any atom is 0.338 e. The standard InChI is InChI=1S/C26H26O7/c1-15(2)6-13-21(33-26(29)16-7-9-17(30-3)10-8-16)18-14-22(31-4)23-19(27)11-12-20(28)24(23)25(18)32-5/h6-12,14,21H,13H2,1-5H3/t21-/m1/s1. The Balaban J connectivity index is 2.11. The van der Waals surface area contributed by atoms with Gasteiger partial charge in [-0.15, -0.1) is 0 Å². The molecule has 0 bridgehead atoms. The van der Waals surface area contributed by atoms with Gasteiger partial charge in [-0.3, -0.25) is 9.59 Å². The van der Waals surface area contributed by atoms with Crippen molar-refractivity contribution in [3.05, 3.63) is 76.4 Å². The Labute approximate surface area is 192 Å². The summed E-state index contributed by atoms with van der Waals surface area (Å²) >= 11 is 0. The molecule has 0 saturated heterocycles. The summed E-state index contributed by atoms with van der Waals surface area (Å²) < 4.78 is 22.0. The quantitative estimate of drug-likeness (QED) is 0.417. The van der Waals surface area contributed by atoms with Crippen LogP contribution in [0.3, 0.4) is 0 Å². The van der Waals surface area contributed by atoms with Crippen LogP contribution in [0.25, 0.3) is 0 Å². The molecule has 0 aromatic heterocycles. The molecule has 1 aliphatic carbocycles. The van der Waals surface area contributed by atoms with Crippen LogP contribution in [-0.2, 0) is 4.74 Å². The van der Waals surface area contributed by atoms with Gasteiger partial charge in [0.05, 0.1) is 38.0 Å². The number of ether oxygens (including phenoxy) is 4. The van der Waals surface area contributed by atoms with E-state index in [1.807, 2.05) is 19.9 Å². The number of carbonyl (C=O) groups is 3. The van der Waals surface area contributed by atoms with E-state index in [9.17, 15) is 14.4 Å². The summed E-state index contributed by atoms with van der Waals surface area (Å²) in [7, 11) is 4.36. The number of methoxy groups -OCH3 is 3. The molecule has 0 N–H and O–H groups in total. The zero-order valence-corrected chi connectivity index (χ0v) is 19.3. The van der Waals surface area contributed by atoms with E-state index in [-0.39, 0.29) is 34.2 Å². The Hall–Kier alpha value is -3.87. The minimum Gasteiger partial charge on any atom is -0.497 e. The van der Waals surface area contributed by atoms with Gasteiger partial charge in [-0.05, 0) is 56.3 Å². The van der Waals surface area contributed by atoms with Crippen molar-refractivity contribution >= 4 is 17.5 Å². The molecule has 0 radical (unpaired) electrons. The largest absolute Gasteiger partial charge is 0.497 e. The zero-order chi connectivity index (χ0) is 24.1. The molecular weight excluding hydrogens is 424 g/mol. The number of esters is 1. The molecule has 2 aromatic carbocycles. The number of allylic oxidation sites excluding steroid dienone is 3. The van der Waals surface area contributed by atoms with Crippen molar-refractivity contribution in [1.29, 1.82) is 0 Å². The van der Waals surface area contributed by atoms with Crippen LogP contribution < -0.4 is 14.2 Å². The summed E-state index contributed by atoms with van der Waals surface area (Å²) in [6, 6.07) is 8.14. The highest BCUT2D eigenvalue weighted by Crippen LogP contribution is 2.42. The first-order chi connectivity index (χ1) is 15.8. The van der Waals surface area contributed by atoms with Crippen LogP contribution in [0.15, 0.2) is 54.1 Å². The van der Waals surface area contributed by atoms with Gasteiger partial charge >= 0.3 is 5.97 Å². The summed E-state index contributed by atoms with van der Waals surface area (Å²) in [5, 5.41) is 0. The number of rotatable bonds is 8. The fraction of sp³-hybridized carbons (Fsp3) is 0.269. The minimum absolute atomic E-state index is 0.0991. The Morgan fingerprint density at radius 1 is 0.909 bits per heavy atom. The third kappa shape index (κ3) is 4.98. The third-order valence-corrected chi connectivity index (χ3v) is 5.24. The molecule has 0 fully saturated rings. The lowest BCUT2D eigenvalue weighted by atomic mass is 9.88. The van der Waals surface area contributed by atoms with E-state index < -0.39 is 12.1 Å². The van der Waals surface area contributed by atoms with E-state index in [4.69, 9.17) is 18.9 Å². The topological polar surface area (TPSA) is 88.1 Å². The summed E-state index contributed by atoms with van der Waals surface area (Å²) in [6.45, 7) is 3.86. The third-order valence-electron chi connectivity index (χ3n) is 5.24. The van der Waals surface area contributed by atoms with E-state index >= 15 is 0 Å². The van der Waals surface area contributed by atoms with Crippen LogP contribution in [0.1, 0.15) is 63.0 Å². The molecule has 0 spiro atoms. The second-order valence-corrected chi connectivity index (χ2v) is 7.65. The van der Waals surface area contributed by atoms with E-state index in [2.05, 4.69) is 0 Å². The molecule has 0 saturated carbocycles. The van der Waals surface area contributed by atoms with Gasteiger partial charge < -0.3 is 18.9 Å². The predicted molar refractivity (Wildman–Crippen MR) is 123 cm³/mol. The van der Waals surface area contributed by atoms with Crippen molar-refractivity contribution < 1.29 is 33.3 Å². The fourth-order valence-electron chi connectivity index (χ4n) is 3.58. The number of fused-ring (bicyclic) bond motifs is 1. The molecular formula is C26H26O7. The summed E-state index contributed by atoms with van der Waals surface area (Å²) in [5.41, 5.74) is 2.04. The molecule has 33 heavy (non-hydrogen) atoms. The van der Waals surface area contributed by atoms with Crippen LogP contribution >= 0.6 is 0 Å². The first-order valence-electron chi connectivity index (χ1n) is 10.3.